The van der Waals surface area contributed by atoms with Gasteiger partial charge in [-0.2, -0.15) is 0 Å². The molecule has 0 fully saturated rings. The van der Waals surface area contributed by atoms with Crippen LogP contribution < -0.4 is 0 Å². The van der Waals surface area contributed by atoms with E-state index in [-0.39, 0.29) is 31.2 Å². The monoisotopic (exact) mass is 784 g/mol. The number of aryl methyl sites for hydroxylation is 2. The largest absolute Gasteiger partial charge is 0.497 e. The van der Waals surface area contributed by atoms with Gasteiger partial charge in [-0.05, 0) is 60.1 Å². The van der Waals surface area contributed by atoms with Crippen LogP contribution >= 0.6 is 0 Å². The molecule has 0 bridgehead atoms. The van der Waals surface area contributed by atoms with E-state index in [0.717, 1.165) is 38.7 Å². The molecule has 0 N–H and O–H groups in total. The number of oxazole rings is 1. The number of furan rings is 1. The average Bonchev–Trinajstić information content (AvgIpc) is 3.74. The topological polar surface area (TPSA) is 65.0 Å². The fraction of sp³-hybridized carbons (Fsp3) is 0.125. The summed E-state index contributed by atoms with van der Waals surface area (Å²) in [6.45, 7) is 0.0130. The van der Waals surface area contributed by atoms with Crippen molar-refractivity contribution in [1.29, 1.82) is 0 Å². The molecule has 5 nitrogen and oxygen atoms in total. The van der Waals surface area contributed by atoms with Crippen molar-refractivity contribution < 1.29 is 37.2 Å². The minimum absolute atomic E-state index is 0. The second-order valence-corrected chi connectivity index (χ2v) is 10.9. The Hall–Kier alpha value is -4.90. The predicted octanol–water partition coefficient (Wildman–Crippen LogP) is 10.5. The summed E-state index contributed by atoms with van der Waals surface area (Å²) in [5.41, 5.74) is 8.31. The first-order chi connectivity index (χ1) is 24.4. The second kappa shape index (κ2) is 13.2. The Bertz CT molecular complexity index is 2420. The third-order valence-corrected chi connectivity index (χ3v) is 7.54. The van der Waals surface area contributed by atoms with Gasteiger partial charge in [0.25, 0.3) is 0 Å². The van der Waals surface area contributed by atoms with Crippen LogP contribution in [0.1, 0.15) is 44.7 Å². The molecule has 4 aromatic carbocycles. The van der Waals surface area contributed by atoms with Crippen LogP contribution in [-0.4, -0.2) is 15.0 Å². The molecule has 8 rings (SSSR count). The van der Waals surface area contributed by atoms with Crippen LogP contribution in [0, 0.1) is 25.8 Å². The SMILES string of the molecule is CC(C)c1ccnc(-c2[c-]ccc3c2oc2c3ccc3nc(-c4ccccc4)oc32)c1.[2H]C([2H])([2H])c1c[c-]c(-c2ccc(C([2H])([2H])[2H])cn2)cc1.[Ir]. The van der Waals surface area contributed by atoms with Crippen LogP contribution in [0.3, 0.4) is 0 Å². The van der Waals surface area contributed by atoms with E-state index in [1.54, 1.807) is 12.1 Å². The van der Waals surface area contributed by atoms with Crippen LogP contribution in [0.15, 0.2) is 118 Å². The van der Waals surface area contributed by atoms with Crippen molar-refractivity contribution in [1.82, 2.24) is 15.0 Å². The second-order valence-electron chi connectivity index (χ2n) is 10.9. The van der Waals surface area contributed by atoms with Gasteiger partial charge in [0.15, 0.2) is 11.2 Å². The maximum atomic E-state index is 7.28. The summed E-state index contributed by atoms with van der Waals surface area (Å²) in [5, 5.41) is 2.01. The molecule has 46 heavy (non-hydrogen) atoms. The van der Waals surface area contributed by atoms with Crippen molar-refractivity contribution in [3.05, 3.63) is 138 Å². The molecule has 1 radical (unpaired) electrons. The normalized spacial score (nSPS) is 13.5. The van der Waals surface area contributed by atoms with Gasteiger partial charge in [0, 0.05) is 51.7 Å². The van der Waals surface area contributed by atoms with E-state index in [1.807, 2.05) is 60.8 Å². The number of fused-ring (bicyclic) bond motifs is 5. The molecule has 0 saturated carbocycles. The van der Waals surface area contributed by atoms with Crippen molar-refractivity contribution in [2.24, 2.45) is 0 Å². The van der Waals surface area contributed by atoms with Gasteiger partial charge in [0.05, 0.1) is 5.58 Å². The van der Waals surface area contributed by atoms with Gasteiger partial charge in [0.2, 0.25) is 5.89 Å². The van der Waals surface area contributed by atoms with Crippen molar-refractivity contribution in [2.45, 2.75) is 33.5 Å². The van der Waals surface area contributed by atoms with Gasteiger partial charge < -0.3 is 18.8 Å². The molecular formula is C40H31IrN3O2-2. The fourth-order valence-electron chi connectivity index (χ4n) is 5.16. The Balaban J connectivity index is 0.000000193. The van der Waals surface area contributed by atoms with Gasteiger partial charge in [-0.25, -0.2) is 4.98 Å². The summed E-state index contributed by atoms with van der Waals surface area (Å²) in [6.07, 6.45) is 3.15. The molecule has 6 heteroatoms. The molecule has 4 heterocycles. The summed E-state index contributed by atoms with van der Waals surface area (Å²) < 4.78 is 56.2. The number of benzene rings is 4. The van der Waals surface area contributed by atoms with Crippen LogP contribution in [0.4, 0.5) is 0 Å². The molecular weight excluding hydrogens is 747 g/mol. The predicted molar refractivity (Wildman–Crippen MR) is 181 cm³/mol. The van der Waals surface area contributed by atoms with Crippen LogP contribution in [0.25, 0.3) is 67.0 Å². The molecule has 4 aromatic heterocycles. The maximum absolute atomic E-state index is 7.28. The van der Waals surface area contributed by atoms with Crippen molar-refractivity contribution in [2.75, 3.05) is 0 Å². The van der Waals surface area contributed by atoms with Gasteiger partial charge in [-0.3, -0.25) is 0 Å². The van der Waals surface area contributed by atoms with Crippen molar-refractivity contribution in [3.63, 3.8) is 0 Å². The minimum Gasteiger partial charge on any atom is -0.497 e. The number of pyridine rings is 2. The number of hydrogen-bond acceptors (Lipinski definition) is 5. The number of hydrogen-bond donors (Lipinski definition) is 0. The molecule has 0 amide bonds. The summed E-state index contributed by atoms with van der Waals surface area (Å²) in [4.78, 5) is 13.3. The Morgan fingerprint density at radius 2 is 1.57 bits per heavy atom. The van der Waals surface area contributed by atoms with Crippen LogP contribution in [-0.2, 0) is 20.1 Å². The van der Waals surface area contributed by atoms with Crippen molar-refractivity contribution >= 4 is 33.0 Å². The van der Waals surface area contributed by atoms with E-state index in [4.69, 9.17) is 17.1 Å². The quantitative estimate of drug-likeness (QED) is 0.166. The van der Waals surface area contributed by atoms with E-state index in [2.05, 4.69) is 53.1 Å². The molecule has 0 aliphatic heterocycles. The fourth-order valence-corrected chi connectivity index (χ4v) is 5.16. The number of rotatable bonds is 4. The van der Waals surface area contributed by atoms with Crippen LogP contribution in [0.2, 0.25) is 0 Å². The molecule has 0 unspecified atom stereocenters. The molecule has 0 aliphatic carbocycles. The Morgan fingerprint density at radius 3 is 2.30 bits per heavy atom. The first-order valence-corrected chi connectivity index (χ1v) is 14.5. The summed E-state index contributed by atoms with van der Waals surface area (Å²) in [6, 6.07) is 35.8. The van der Waals surface area contributed by atoms with Crippen molar-refractivity contribution in [3.8, 4) is 34.0 Å². The van der Waals surface area contributed by atoms with Gasteiger partial charge in [-0.15, -0.1) is 53.6 Å². The van der Waals surface area contributed by atoms with E-state index < -0.39 is 13.7 Å². The molecule has 8 aromatic rings. The van der Waals surface area contributed by atoms with Crippen LogP contribution in [0.5, 0.6) is 0 Å². The van der Waals surface area contributed by atoms with Gasteiger partial charge in [0.1, 0.15) is 5.52 Å². The average molecular weight is 784 g/mol. The first kappa shape index (κ1) is 24.3. The zero-order chi connectivity index (χ0) is 35.9. The van der Waals surface area contributed by atoms with Gasteiger partial charge in [-0.1, -0.05) is 73.6 Å². The third-order valence-electron chi connectivity index (χ3n) is 7.54. The van der Waals surface area contributed by atoms with E-state index in [9.17, 15) is 0 Å². The zero-order valence-corrected chi connectivity index (χ0v) is 27.4. The maximum Gasteiger partial charge on any atom is 0.227 e. The number of aromatic nitrogens is 3. The Kier molecular flexibility index (Phi) is 7.00. The molecule has 0 saturated heterocycles. The summed E-state index contributed by atoms with van der Waals surface area (Å²) >= 11 is 0. The van der Waals surface area contributed by atoms with Gasteiger partial charge >= 0.3 is 0 Å². The Morgan fingerprint density at radius 1 is 0.739 bits per heavy atom. The molecule has 0 spiro atoms. The van der Waals surface area contributed by atoms with E-state index in [0.29, 0.717) is 34.2 Å². The standard InChI is InChI=1S/C27H19N2O2.C13H12N.Ir/c1-16(2)18-13-14-28-23(15-18)21-10-6-9-19-20-11-12-22-26(25(20)30-24(19)21)31-27(29-22)17-7-4-3-5-8-17;1-10-3-6-12(7-4-10)13-8-5-11(2)9-14-13;/h3-9,11-16H,1-2H3;3-6,8-9H,1-2H3;/q2*-1;/i;1D3,2D3;. The van der Waals surface area contributed by atoms with E-state index >= 15 is 0 Å². The third kappa shape index (κ3) is 6.15. The molecule has 0 aliphatic rings. The molecule has 229 valence electrons. The minimum atomic E-state index is -2.18. The zero-order valence-electron chi connectivity index (χ0n) is 31.0. The summed E-state index contributed by atoms with van der Waals surface area (Å²) in [5.74, 6) is 1.00. The van der Waals surface area contributed by atoms with E-state index in [1.165, 1.54) is 30.0 Å². The summed E-state index contributed by atoms with van der Waals surface area (Å²) in [7, 11) is 0. The Labute approximate surface area is 290 Å². The first-order valence-electron chi connectivity index (χ1n) is 17.5. The number of nitrogens with zero attached hydrogens (tertiary/aromatic N) is 3. The smallest absolute Gasteiger partial charge is 0.227 e. The molecule has 0 atom stereocenters.